The first-order valence-corrected chi connectivity index (χ1v) is 19.8. The third kappa shape index (κ3) is 4.32. The zero-order valence-electron chi connectivity index (χ0n) is 29.3. The zero-order valence-corrected chi connectivity index (χ0v) is 30.1. The Bertz CT molecular complexity index is 2980. The smallest absolute Gasteiger partial charge is 0.0629 e. The predicted octanol–water partition coefficient (Wildman–Crippen LogP) is 13.5. The van der Waals surface area contributed by atoms with Gasteiger partial charge < -0.3 is 9.47 Å². The highest BCUT2D eigenvalue weighted by Crippen LogP contribution is 2.51. The van der Waals surface area contributed by atoms with E-state index in [-0.39, 0.29) is 6.04 Å². The van der Waals surface area contributed by atoms with E-state index < -0.39 is 0 Å². The fourth-order valence-electron chi connectivity index (χ4n) is 9.89. The molecule has 3 heteroatoms. The number of aromatic nitrogens is 1. The van der Waals surface area contributed by atoms with Crippen LogP contribution in [0.5, 0.6) is 0 Å². The second-order valence-corrected chi connectivity index (χ2v) is 16.1. The van der Waals surface area contributed by atoms with Crippen molar-refractivity contribution in [2.24, 2.45) is 0 Å². The molecule has 4 aliphatic rings. The monoisotopic (exact) mass is 696 g/mol. The number of aryl methyl sites for hydroxylation is 2. The van der Waals surface area contributed by atoms with E-state index in [1.165, 1.54) is 98.0 Å². The third-order valence-electron chi connectivity index (χ3n) is 12.3. The number of thiophene rings is 1. The van der Waals surface area contributed by atoms with Gasteiger partial charge in [0.15, 0.2) is 0 Å². The Labute approximate surface area is 312 Å². The minimum Gasteiger partial charge on any atom is -0.333 e. The SMILES string of the molecule is C1=CCCC(n2c3ccccc3c3cc(-c4ccc5c(c4)C4C=CC=CC4N5c4ccc5c(c4)CCc4ccc6sc7ccccc7c6c4-5)ccc32)=C1. The number of allylic oxidation sites excluding steroid dienone is 6. The number of rotatable bonds is 3. The summed E-state index contributed by atoms with van der Waals surface area (Å²) in [5.74, 6) is 0.306. The number of para-hydroxylation sites is 1. The van der Waals surface area contributed by atoms with Gasteiger partial charge in [0.05, 0.1) is 17.1 Å². The van der Waals surface area contributed by atoms with Crippen molar-refractivity contribution < 1.29 is 0 Å². The third-order valence-corrected chi connectivity index (χ3v) is 13.4. The fraction of sp³-hybridized carbons (Fsp3) is 0.120. The molecule has 0 radical (unpaired) electrons. The van der Waals surface area contributed by atoms with Crippen molar-refractivity contribution in [1.29, 1.82) is 0 Å². The van der Waals surface area contributed by atoms with E-state index in [1.807, 2.05) is 11.3 Å². The second-order valence-electron chi connectivity index (χ2n) is 15.1. The Morgan fingerprint density at radius 1 is 0.604 bits per heavy atom. The Kier molecular flexibility index (Phi) is 6.32. The lowest BCUT2D eigenvalue weighted by Crippen LogP contribution is -2.28. The van der Waals surface area contributed by atoms with Crippen molar-refractivity contribution in [3.05, 3.63) is 174 Å². The van der Waals surface area contributed by atoms with E-state index in [1.54, 1.807) is 0 Å². The van der Waals surface area contributed by atoms with Crippen molar-refractivity contribution in [2.75, 3.05) is 4.90 Å². The summed E-state index contributed by atoms with van der Waals surface area (Å²) in [6.45, 7) is 0. The lowest BCUT2D eigenvalue weighted by molar-refractivity contribution is 0.744. The van der Waals surface area contributed by atoms with Crippen LogP contribution in [0.15, 0.2) is 158 Å². The molecule has 12 rings (SSSR count). The molecule has 53 heavy (non-hydrogen) atoms. The van der Waals surface area contributed by atoms with Crippen LogP contribution in [-0.2, 0) is 12.8 Å². The van der Waals surface area contributed by atoms with Gasteiger partial charge in [-0.1, -0.05) is 97.1 Å². The predicted molar refractivity (Wildman–Crippen MR) is 227 cm³/mol. The maximum absolute atomic E-state index is 2.60. The molecule has 0 N–H and O–H groups in total. The number of anilines is 2. The highest BCUT2D eigenvalue weighted by molar-refractivity contribution is 7.26. The molecule has 6 aromatic carbocycles. The molecule has 0 saturated heterocycles. The number of fused-ring (bicyclic) bond motifs is 13. The molecule has 8 aromatic rings. The summed E-state index contributed by atoms with van der Waals surface area (Å²) in [6.07, 6.45) is 20.3. The molecule has 3 aliphatic carbocycles. The molecule has 2 nitrogen and oxygen atoms in total. The van der Waals surface area contributed by atoms with Crippen molar-refractivity contribution in [2.45, 2.75) is 37.6 Å². The van der Waals surface area contributed by atoms with Crippen molar-refractivity contribution in [3.63, 3.8) is 0 Å². The maximum atomic E-state index is 2.60. The second kappa shape index (κ2) is 11.3. The van der Waals surface area contributed by atoms with Crippen LogP contribution in [-0.4, -0.2) is 10.6 Å². The quantitative estimate of drug-likeness (QED) is 0.179. The molecule has 0 amide bonds. The lowest BCUT2D eigenvalue weighted by Gasteiger charge is -2.30. The highest BCUT2D eigenvalue weighted by atomic mass is 32.1. The van der Waals surface area contributed by atoms with Gasteiger partial charge in [-0.05, 0) is 125 Å². The Balaban J connectivity index is 0.965. The number of benzene rings is 6. The molecular formula is C50H36N2S. The molecule has 1 aliphatic heterocycles. The van der Waals surface area contributed by atoms with Gasteiger partial charge in [-0.15, -0.1) is 11.3 Å². The molecule has 0 bridgehead atoms. The van der Waals surface area contributed by atoms with Crippen LogP contribution >= 0.6 is 11.3 Å². The van der Waals surface area contributed by atoms with Crippen LogP contribution in [0.3, 0.4) is 0 Å². The van der Waals surface area contributed by atoms with Crippen molar-refractivity contribution >= 4 is 70.4 Å². The van der Waals surface area contributed by atoms with Gasteiger partial charge in [-0.25, -0.2) is 0 Å². The molecule has 252 valence electrons. The Morgan fingerprint density at radius 2 is 1.43 bits per heavy atom. The molecule has 2 atom stereocenters. The Morgan fingerprint density at radius 3 is 2.38 bits per heavy atom. The van der Waals surface area contributed by atoms with Crippen LogP contribution in [0.2, 0.25) is 0 Å². The van der Waals surface area contributed by atoms with Gasteiger partial charge in [0.25, 0.3) is 0 Å². The molecule has 0 fully saturated rings. The maximum Gasteiger partial charge on any atom is 0.0629 e. The normalized spacial score (nSPS) is 18.5. The van der Waals surface area contributed by atoms with Gasteiger partial charge in [0.1, 0.15) is 0 Å². The van der Waals surface area contributed by atoms with E-state index in [4.69, 9.17) is 0 Å². The number of nitrogens with zero attached hydrogens (tertiary/aromatic N) is 2. The summed E-state index contributed by atoms with van der Waals surface area (Å²) in [5, 5.41) is 5.45. The van der Waals surface area contributed by atoms with Crippen LogP contribution < -0.4 is 4.90 Å². The minimum atomic E-state index is 0.255. The van der Waals surface area contributed by atoms with Gasteiger partial charge in [0.2, 0.25) is 0 Å². The number of hydrogen-bond acceptors (Lipinski definition) is 2. The molecule has 0 spiro atoms. The largest absolute Gasteiger partial charge is 0.333 e. The zero-order chi connectivity index (χ0) is 34.6. The number of hydrogen-bond donors (Lipinski definition) is 0. The molecule has 3 heterocycles. The standard InChI is InChI=1S/C50H36N2S/c1-2-10-35(11-3-1)51-43-15-7-4-12-38(43)41-29-32(20-25-45(41)51)33-21-26-46-42(30-33)39-13-5-8-16-44(39)52(46)36-23-24-37-34(28-36)19-18-31-22-27-48-50(49(31)37)40-14-6-9-17-47(40)53-48/h1-2,4-10,12-17,20-30,39,44H,3,11,18-19H2. The van der Waals surface area contributed by atoms with Crippen LogP contribution in [0.4, 0.5) is 11.4 Å². The van der Waals surface area contributed by atoms with Gasteiger partial charge in [-0.2, -0.15) is 0 Å². The van der Waals surface area contributed by atoms with Gasteiger partial charge >= 0.3 is 0 Å². The average Bonchev–Trinajstić information content (AvgIpc) is 3.88. The lowest BCUT2D eigenvalue weighted by atomic mass is 9.83. The van der Waals surface area contributed by atoms with Crippen LogP contribution in [0, 0.1) is 0 Å². The van der Waals surface area contributed by atoms with Crippen molar-refractivity contribution in [1.82, 2.24) is 4.57 Å². The topological polar surface area (TPSA) is 8.17 Å². The van der Waals surface area contributed by atoms with Crippen LogP contribution in [0.1, 0.15) is 35.4 Å². The average molecular weight is 697 g/mol. The minimum absolute atomic E-state index is 0.255. The summed E-state index contributed by atoms with van der Waals surface area (Å²) >= 11 is 1.92. The summed E-state index contributed by atoms with van der Waals surface area (Å²) in [5.41, 5.74) is 16.3. The van der Waals surface area contributed by atoms with E-state index in [2.05, 4.69) is 167 Å². The van der Waals surface area contributed by atoms with E-state index >= 15 is 0 Å². The first kappa shape index (κ1) is 29.7. The summed E-state index contributed by atoms with van der Waals surface area (Å²) in [7, 11) is 0. The molecular weight excluding hydrogens is 661 g/mol. The molecule has 0 saturated carbocycles. The van der Waals surface area contributed by atoms with Gasteiger partial charge in [-0.3, -0.25) is 0 Å². The summed E-state index contributed by atoms with van der Waals surface area (Å²) in [4.78, 5) is 2.60. The summed E-state index contributed by atoms with van der Waals surface area (Å²) < 4.78 is 5.24. The molecule has 2 unspecified atom stereocenters. The molecule has 2 aromatic heterocycles. The van der Waals surface area contributed by atoms with Crippen molar-refractivity contribution in [3.8, 4) is 22.3 Å². The Hall–Kier alpha value is -5.90. The van der Waals surface area contributed by atoms with E-state index in [0.717, 1.165) is 25.7 Å². The first-order chi connectivity index (χ1) is 26.3. The highest BCUT2D eigenvalue weighted by Gasteiger charge is 2.38. The first-order valence-electron chi connectivity index (χ1n) is 19.0. The van der Waals surface area contributed by atoms with Crippen LogP contribution in [0.25, 0.3) is 69.9 Å². The summed E-state index contributed by atoms with van der Waals surface area (Å²) in [6, 6.07) is 44.4. The van der Waals surface area contributed by atoms with Gasteiger partial charge in [0, 0.05) is 53.9 Å². The van der Waals surface area contributed by atoms with E-state index in [9.17, 15) is 0 Å². The fourth-order valence-corrected chi connectivity index (χ4v) is 11.0. The van der Waals surface area contributed by atoms with E-state index in [0.29, 0.717) is 5.92 Å².